The summed E-state index contributed by atoms with van der Waals surface area (Å²) in [6.07, 6.45) is -6.41. The zero-order chi connectivity index (χ0) is 13.9. The van der Waals surface area contributed by atoms with Gasteiger partial charge in [-0.2, -0.15) is 27.1 Å². The van der Waals surface area contributed by atoms with E-state index in [-0.39, 0.29) is 0 Å². The summed E-state index contributed by atoms with van der Waals surface area (Å²) in [7, 11) is 1.26. The van der Waals surface area contributed by atoms with E-state index in [2.05, 4.69) is 5.10 Å². The van der Waals surface area contributed by atoms with Crippen molar-refractivity contribution in [1.82, 2.24) is 9.78 Å². The number of carbonyl (C=O) groups is 1. The largest absolute Gasteiger partial charge is 0.503 e. The molecule has 1 heterocycles. The number of hydrogen-bond donors (Lipinski definition) is 2. The molecule has 98 valence electrons. The van der Waals surface area contributed by atoms with Crippen LogP contribution >= 0.6 is 0 Å². The third kappa shape index (κ3) is 4.25. The zero-order valence-electron chi connectivity index (χ0n) is 8.24. The van der Waals surface area contributed by atoms with E-state index in [1.165, 1.54) is 7.05 Å². The molecule has 0 aromatic carbocycles. The van der Waals surface area contributed by atoms with Gasteiger partial charge in [0.05, 0.1) is 0 Å². The van der Waals surface area contributed by atoms with Gasteiger partial charge >= 0.3 is 18.3 Å². The van der Waals surface area contributed by atoms with E-state index in [4.69, 9.17) is 15.0 Å². The lowest BCUT2D eigenvalue weighted by atomic mass is 10.2. The second-order valence-corrected chi connectivity index (χ2v) is 2.73. The first-order valence-corrected chi connectivity index (χ1v) is 3.85. The number of rotatable bonds is 1. The third-order valence-electron chi connectivity index (χ3n) is 1.39. The maximum Gasteiger partial charge on any atom is 0.503 e. The van der Waals surface area contributed by atoms with E-state index in [1.54, 1.807) is 0 Å². The Morgan fingerprint density at radius 3 is 1.94 bits per heavy atom. The van der Waals surface area contributed by atoms with Gasteiger partial charge in [-0.3, -0.25) is 4.68 Å². The fraction of sp³-hybridized carbons (Fsp3) is 0.429. The van der Waals surface area contributed by atoms with Crippen molar-refractivity contribution in [2.45, 2.75) is 12.1 Å². The van der Waals surface area contributed by atoms with Crippen molar-refractivity contribution in [3.8, 4) is 0 Å². The van der Waals surface area contributed by atoms with Gasteiger partial charge in [-0.25, -0.2) is 4.79 Å². The van der Waals surface area contributed by atoms with Crippen molar-refractivity contribution in [3.63, 3.8) is 0 Å². The Bertz CT molecular complexity index is 383. The van der Waals surface area contributed by atoms with Gasteiger partial charge in [0.1, 0.15) is 5.69 Å². The number of carboxylic acid groups (broad SMARTS) is 2. The van der Waals surface area contributed by atoms with Crippen molar-refractivity contribution in [2.75, 3.05) is 0 Å². The Kier molecular flexibility index (Phi) is 4.43. The molecule has 0 spiro atoms. The summed E-state index contributed by atoms with van der Waals surface area (Å²) in [6, 6.07) is 0.632. The summed E-state index contributed by atoms with van der Waals surface area (Å²) in [5.74, 6) is -4.88. The van der Waals surface area contributed by atoms with Crippen molar-refractivity contribution in [2.24, 2.45) is 7.05 Å². The topological polar surface area (TPSA) is 75.4 Å². The van der Waals surface area contributed by atoms with Crippen LogP contribution in [0.3, 0.4) is 0 Å². The average Bonchev–Trinajstić information content (AvgIpc) is 2.48. The first kappa shape index (κ1) is 15.1. The lowest BCUT2D eigenvalue weighted by molar-refractivity contribution is -0.291. The van der Waals surface area contributed by atoms with Gasteiger partial charge in [0.15, 0.2) is 0 Å². The highest BCUT2D eigenvalue weighted by molar-refractivity contribution is 5.53. The zero-order valence-corrected chi connectivity index (χ0v) is 8.24. The van der Waals surface area contributed by atoms with Crippen molar-refractivity contribution in [3.05, 3.63) is 18.0 Å². The van der Waals surface area contributed by atoms with E-state index in [0.717, 1.165) is 10.9 Å². The fourth-order valence-corrected chi connectivity index (χ4v) is 0.728. The number of halogens is 5. The van der Waals surface area contributed by atoms with Crippen LogP contribution in [-0.2, 0) is 13.0 Å². The molecule has 17 heavy (non-hydrogen) atoms. The lowest BCUT2D eigenvalue weighted by Gasteiger charge is -2.16. The van der Waals surface area contributed by atoms with E-state index in [1.807, 2.05) is 0 Å². The van der Waals surface area contributed by atoms with Crippen molar-refractivity contribution >= 4 is 6.16 Å². The molecule has 5 nitrogen and oxygen atoms in total. The van der Waals surface area contributed by atoms with Gasteiger partial charge in [-0.05, 0) is 6.07 Å². The molecular weight excluding hydrogens is 255 g/mol. The van der Waals surface area contributed by atoms with Gasteiger partial charge < -0.3 is 10.2 Å². The number of hydrogen-bond acceptors (Lipinski definition) is 2. The smallest absolute Gasteiger partial charge is 0.450 e. The highest BCUT2D eigenvalue weighted by Crippen LogP contribution is 2.42. The molecule has 1 aromatic rings. The Balaban J connectivity index is 0.000000557. The second kappa shape index (κ2) is 4.97. The molecule has 0 aliphatic heterocycles. The van der Waals surface area contributed by atoms with E-state index in [0.29, 0.717) is 6.07 Å². The number of alkyl halides is 5. The van der Waals surface area contributed by atoms with E-state index >= 15 is 0 Å². The first-order valence-electron chi connectivity index (χ1n) is 3.85. The molecule has 10 heteroatoms. The Hall–Kier alpha value is -1.87. The summed E-state index contributed by atoms with van der Waals surface area (Å²) >= 11 is 0. The van der Waals surface area contributed by atoms with Gasteiger partial charge in [0, 0.05) is 13.2 Å². The molecule has 0 atom stereocenters. The van der Waals surface area contributed by atoms with E-state index in [9.17, 15) is 22.0 Å². The minimum absolute atomic E-state index is 0.632. The second-order valence-electron chi connectivity index (χ2n) is 2.73. The molecular formula is C7H7F5N2O3. The van der Waals surface area contributed by atoms with Gasteiger partial charge in [0.2, 0.25) is 0 Å². The SMILES string of the molecule is Cn1ccc(C(F)(F)C(F)(F)F)n1.O=C(O)O. The van der Waals surface area contributed by atoms with Gasteiger partial charge in [-0.1, -0.05) is 0 Å². The molecule has 0 aliphatic carbocycles. The lowest BCUT2D eigenvalue weighted by Crippen LogP contribution is -2.34. The molecule has 0 unspecified atom stereocenters. The predicted molar refractivity (Wildman–Crippen MR) is 43.8 cm³/mol. The Labute approximate surface area is 91.1 Å². The number of nitrogens with zero attached hydrogens (tertiary/aromatic N) is 2. The highest BCUT2D eigenvalue weighted by atomic mass is 19.4. The molecule has 0 saturated carbocycles. The maximum absolute atomic E-state index is 12.5. The van der Waals surface area contributed by atoms with Crippen LogP contribution in [0.1, 0.15) is 5.69 Å². The average molecular weight is 262 g/mol. The quantitative estimate of drug-likeness (QED) is 0.761. The summed E-state index contributed by atoms with van der Waals surface area (Å²) in [4.78, 5) is 8.56. The van der Waals surface area contributed by atoms with E-state index < -0.39 is 23.9 Å². The molecule has 0 saturated heterocycles. The molecule has 0 amide bonds. The van der Waals surface area contributed by atoms with Crippen molar-refractivity contribution in [1.29, 1.82) is 0 Å². The van der Waals surface area contributed by atoms with Crippen LogP contribution in [-0.4, -0.2) is 32.3 Å². The maximum atomic E-state index is 12.5. The van der Waals surface area contributed by atoms with Gasteiger partial charge in [-0.15, -0.1) is 0 Å². The van der Waals surface area contributed by atoms with Crippen LogP contribution < -0.4 is 0 Å². The van der Waals surface area contributed by atoms with Crippen LogP contribution in [0.2, 0.25) is 0 Å². The Morgan fingerprint density at radius 1 is 1.29 bits per heavy atom. The number of aryl methyl sites for hydroxylation is 1. The molecule has 0 aliphatic rings. The first-order chi connectivity index (χ1) is 7.48. The predicted octanol–water partition coefficient (Wildman–Crippen LogP) is 2.30. The molecule has 1 rings (SSSR count). The van der Waals surface area contributed by atoms with Crippen LogP contribution in [0.5, 0.6) is 0 Å². The summed E-state index contributed by atoms with van der Waals surface area (Å²) in [5.41, 5.74) is -1.29. The molecule has 1 aromatic heterocycles. The highest BCUT2D eigenvalue weighted by Gasteiger charge is 2.60. The van der Waals surface area contributed by atoms with Crippen molar-refractivity contribution < 1.29 is 37.0 Å². The molecule has 0 bridgehead atoms. The fourth-order valence-electron chi connectivity index (χ4n) is 0.728. The number of aromatic nitrogens is 2. The normalized spacial score (nSPS) is 11.6. The van der Waals surface area contributed by atoms with Crippen LogP contribution in [0.25, 0.3) is 0 Å². The minimum Gasteiger partial charge on any atom is -0.450 e. The molecule has 0 fully saturated rings. The summed E-state index contributed by atoms with van der Waals surface area (Å²) in [5, 5.41) is 16.9. The van der Waals surface area contributed by atoms with Gasteiger partial charge in [0.25, 0.3) is 0 Å². The monoisotopic (exact) mass is 262 g/mol. The van der Waals surface area contributed by atoms with Crippen LogP contribution in [0.15, 0.2) is 12.3 Å². The summed E-state index contributed by atoms with van der Waals surface area (Å²) < 4.78 is 61.0. The molecule has 0 radical (unpaired) electrons. The van der Waals surface area contributed by atoms with Crippen LogP contribution in [0.4, 0.5) is 26.7 Å². The van der Waals surface area contributed by atoms with Crippen LogP contribution in [0, 0.1) is 0 Å². The third-order valence-corrected chi connectivity index (χ3v) is 1.39. The minimum atomic E-state index is -5.60. The standard InChI is InChI=1S/C6H5F5N2.CH2O3/c1-13-3-2-4(12-13)5(7,8)6(9,10)11;2-1(3)4/h2-3H,1H3;(H2,2,3,4). The molecule has 2 N–H and O–H groups in total. The Morgan fingerprint density at radius 2 is 1.71 bits per heavy atom. The summed E-state index contributed by atoms with van der Waals surface area (Å²) in [6.45, 7) is 0.